The fraction of sp³-hybridized carbons (Fsp3) is 0.278. The van der Waals surface area contributed by atoms with Crippen LogP contribution in [-0.4, -0.2) is 0 Å². The van der Waals surface area contributed by atoms with E-state index >= 15 is 0 Å². The summed E-state index contributed by atoms with van der Waals surface area (Å²) in [6.45, 7) is 6.20. The van der Waals surface area contributed by atoms with Gasteiger partial charge < -0.3 is 6.92 Å². The van der Waals surface area contributed by atoms with Gasteiger partial charge in [0, 0.05) is 21.1 Å². The first-order valence-electron chi connectivity index (χ1n) is 6.81. The van der Waals surface area contributed by atoms with Gasteiger partial charge in [-0.15, -0.1) is 0 Å². The van der Waals surface area contributed by atoms with Crippen molar-refractivity contribution >= 4 is 0 Å². The molecule has 2 aromatic rings. The SMILES string of the molecule is [CH2-]Cc1cccc(-c2ccccc2CCCC)c1.[W]. The summed E-state index contributed by atoms with van der Waals surface area (Å²) >= 11 is 0. The van der Waals surface area contributed by atoms with E-state index in [9.17, 15) is 0 Å². The van der Waals surface area contributed by atoms with Crippen molar-refractivity contribution in [1.29, 1.82) is 0 Å². The first-order chi connectivity index (χ1) is 8.85. The van der Waals surface area contributed by atoms with Crippen molar-refractivity contribution in [3.63, 3.8) is 0 Å². The largest absolute Gasteiger partial charge is 0.339 e. The van der Waals surface area contributed by atoms with Crippen LogP contribution in [0.4, 0.5) is 0 Å². The Kier molecular flexibility index (Phi) is 7.09. The van der Waals surface area contributed by atoms with Crippen molar-refractivity contribution in [2.45, 2.75) is 32.6 Å². The smallest absolute Gasteiger partial charge is 0 e. The Hall–Kier alpha value is -0.872. The first-order valence-corrected chi connectivity index (χ1v) is 6.81. The molecule has 0 amide bonds. The average molecular weight is 421 g/mol. The van der Waals surface area contributed by atoms with Crippen LogP contribution in [0.15, 0.2) is 48.5 Å². The van der Waals surface area contributed by atoms with Gasteiger partial charge in [-0.25, -0.2) is 0 Å². The topological polar surface area (TPSA) is 0 Å². The van der Waals surface area contributed by atoms with Gasteiger partial charge in [0.1, 0.15) is 0 Å². The molecule has 0 aliphatic heterocycles. The van der Waals surface area contributed by atoms with Gasteiger partial charge in [0.15, 0.2) is 0 Å². The number of hydrogen-bond donors (Lipinski definition) is 0. The predicted octanol–water partition coefficient (Wildman–Crippen LogP) is 5.07. The second-order valence-electron chi connectivity index (χ2n) is 4.71. The minimum absolute atomic E-state index is 0. The minimum atomic E-state index is 0. The Balaban J connectivity index is 0.00000180. The van der Waals surface area contributed by atoms with Crippen LogP contribution in [0.2, 0.25) is 0 Å². The van der Waals surface area contributed by atoms with E-state index in [-0.39, 0.29) is 21.1 Å². The summed E-state index contributed by atoms with van der Waals surface area (Å²) in [4.78, 5) is 0. The molecule has 0 nitrogen and oxygen atoms in total. The second kappa shape index (κ2) is 8.33. The number of unbranched alkanes of at least 4 members (excludes halogenated alkanes) is 1. The Morgan fingerprint density at radius 2 is 1.79 bits per heavy atom. The van der Waals surface area contributed by atoms with Gasteiger partial charge in [-0.2, -0.15) is 6.42 Å². The van der Waals surface area contributed by atoms with Gasteiger partial charge in [-0.05, 0) is 29.5 Å². The summed E-state index contributed by atoms with van der Waals surface area (Å²) in [5.41, 5.74) is 5.46. The summed E-state index contributed by atoms with van der Waals surface area (Å²) in [6, 6.07) is 17.5. The maximum Gasteiger partial charge on any atom is 0 e. The van der Waals surface area contributed by atoms with Crippen LogP contribution < -0.4 is 0 Å². The van der Waals surface area contributed by atoms with Gasteiger partial charge in [-0.1, -0.05) is 67.4 Å². The molecule has 0 radical (unpaired) electrons. The van der Waals surface area contributed by atoms with E-state index in [2.05, 4.69) is 62.4 Å². The van der Waals surface area contributed by atoms with E-state index < -0.39 is 0 Å². The number of rotatable bonds is 5. The Morgan fingerprint density at radius 3 is 2.53 bits per heavy atom. The fourth-order valence-corrected chi connectivity index (χ4v) is 2.28. The molecule has 0 unspecified atom stereocenters. The van der Waals surface area contributed by atoms with Crippen LogP contribution >= 0.6 is 0 Å². The molecule has 0 bridgehead atoms. The van der Waals surface area contributed by atoms with Gasteiger partial charge in [-0.3, -0.25) is 0 Å². The molecule has 0 saturated carbocycles. The van der Waals surface area contributed by atoms with Crippen LogP contribution in [-0.2, 0) is 33.9 Å². The van der Waals surface area contributed by atoms with E-state index in [0.29, 0.717) is 0 Å². The molecular formula is C18H21W-. The number of hydrogen-bond acceptors (Lipinski definition) is 0. The Morgan fingerprint density at radius 1 is 1.00 bits per heavy atom. The number of aryl methyl sites for hydroxylation is 1. The van der Waals surface area contributed by atoms with Crippen molar-refractivity contribution < 1.29 is 21.1 Å². The molecule has 1 heteroatoms. The summed E-state index contributed by atoms with van der Waals surface area (Å²) in [7, 11) is 0. The maximum atomic E-state index is 3.96. The average Bonchev–Trinajstić information content (AvgIpc) is 2.45. The van der Waals surface area contributed by atoms with Gasteiger partial charge in [0.25, 0.3) is 0 Å². The fourth-order valence-electron chi connectivity index (χ4n) is 2.28. The van der Waals surface area contributed by atoms with Crippen LogP contribution in [0.3, 0.4) is 0 Å². The molecule has 0 fully saturated rings. The van der Waals surface area contributed by atoms with E-state index in [1.807, 2.05) is 0 Å². The van der Waals surface area contributed by atoms with Crippen molar-refractivity contribution in [1.82, 2.24) is 0 Å². The molecule has 0 aliphatic rings. The van der Waals surface area contributed by atoms with E-state index in [1.165, 1.54) is 41.5 Å². The summed E-state index contributed by atoms with van der Waals surface area (Å²) in [5.74, 6) is 0. The minimum Gasteiger partial charge on any atom is -0.339 e. The van der Waals surface area contributed by atoms with Crippen LogP contribution in [0, 0.1) is 6.92 Å². The summed E-state index contributed by atoms with van der Waals surface area (Å²) < 4.78 is 0. The summed E-state index contributed by atoms with van der Waals surface area (Å²) in [5, 5.41) is 0. The van der Waals surface area contributed by atoms with Crippen LogP contribution in [0.25, 0.3) is 11.1 Å². The zero-order valence-electron chi connectivity index (χ0n) is 11.6. The van der Waals surface area contributed by atoms with E-state index in [4.69, 9.17) is 0 Å². The molecule has 0 saturated heterocycles. The summed E-state index contributed by atoms with van der Waals surface area (Å²) in [6.07, 6.45) is 4.52. The number of benzene rings is 2. The third kappa shape index (κ3) is 4.32. The quantitative estimate of drug-likeness (QED) is 0.592. The van der Waals surface area contributed by atoms with Gasteiger partial charge >= 0.3 is 0 Å². The van der Waals surface area contributed by atoms with Crippen molar-refractivity contribution in [2.24, 2.45) is 0 Å². The van der Waals surface area contributed by atoms with Crippen molar-refractivity contribution in [3.8, 4) is 11.1 Å². The first kappa shape index (κ1) is 16.2. The molecule has 2 aromatic carbocycles. The molecule has 0 heterocycles. The van der Waals surface area contributed by atoms with Gasteiger partial charge in [0.05, 0.1) is 0 Å². The van der Waals surface area contributed by atoms with E-state index in [0.717, 1.165) is 6.42 Å². The van der Waals surface area contributed by atoms with Crippen LogP contribution in [0.5, 0.6) is 0 Å². The molecule has 0 N–H and O–H groups in total. The third-order valence-electron chi connectivity index (χ3n) is 3.34. The molecule has 2 rings (SSSR count). The molecule has 0 aromatic heterocycles. The molecule has 0 spiro atoms. The van der Waals surface area contributed by atoms with Crippen LogP contribution in [0.1, 0.15) is 30.9 Å². The molecule has 19 heavy (non-hydrogen) atoms. The normalized spacial score (nSPS) is 10.0. The maximum absolute atomic E-state index is 3.96. The second-order valence-corrected chi connectivity index (χ2v) is 4.71. The predicted molar refractivity (Wildman–Crippen MR) is 79.6 cm³/mol. The Labute approximate surface area is 131 Å². The molecular weight excluding hydrogens is 400 g/mol. The molecule has 0 aliphatic carbocycles. The zero-order valence-corrected chi connectivity index (χ0v) is 14.5. The van der Waals surface area contributed by atoms with Gasteiger partial charge in [0.2, 0.25) is 0 Å². The molecule has 100 valence electrons. The van der Waals surface area contributed by atoms with E-state index in [1.54, 1.807) is 0 Å². The Bertz CT molecular complexity index is 503. The third-order valence-corrected chi connectivity index (χ3v) is 3.34. The van der Waals surface area contributed by atoms with Crippen molar-refractivity contribution in [3.05, 3.63) is 66.6 Å². The standard InChI is InChI=1S/C18H21.W/c1-3-5-10-16-11-6-7-13-18(16)17-12-8-9-15(4-2)14-17;/h6-9,11-14H,2-5,10H2,1H3;/q-1;. The van der Waals surface area contributed by atoms with Crippen molar-refractivity contribution in [2.75, 3.05) is 0 Å². The molecule has 0 atom stereocenters. The zero-order chi connectivity index (χ0) is 12.8. The monoisotopic (exact) mass is 421 g/mol.